The highest BCUT2D eigenvalue weighted by Crippen LogP contribution is 2.26. The van der Waals surface area contributed by atoms with Crippen LogP contribution in [0, 0.1) is 17.1 Å². The Labute approximate surface area is 151 Å². The molecule has 1 amide bonds. The summed E-state index contributed by atoms with van der Waals surface area (Å²) in [4.78, 5) is 12.5. The van der Waals surface area contributed by atoms with Crippen LogP contribution in [0.5, 0.6) is 0 Å². The second-order valence-electron chi connectivity index (χ2n) is 4.66. The number of nitrogens with one attached hydrogen (secondary N) is 1. The van der Waals surface area contributed by atoms with Crippen LogP contribution in [0.2, 0.25) is 5.02 Å². The molecule has 0 saturated carbocycles. The first-order valence-corrected chi connectivity index (χ1v) is 8.08. The molecule has 0 heterocycles. The fourth-order valence-electron chi connectivity index (χ4n) is 1.86. The highest BCUT2D eigenvalue weighted by atomic mass is 35.5. The van der Waals surface area contributed by atoms with Crippen molar-refractivity contribution in [2.75, 3.05) is 5.32 Å². The maximum atomic E-state index is 13.8. The average Bonchev–Trinajstić information content (AvgIpc) is 2.56. The first-order valence-electron chi connectivity index (χ1n) is 6.82. The van der Waals surface area contributed by atoms with Crippen molar-refractivity contribution in [1.82, 2.24) is 0 Å². The molecule has 0 aromatic heterocycles. The minimum absolute atomic E-state index is 0.0638. The van der Waals surface area contributed by atoms with Crippen LogP contribution in [0.3, 0.4) is 0 Å². The third-order valence-electron chi connectivity index (χ3n) is 2.99. The van der Waals surface area contributed by atoms with Gasteiger partial charge in [-0.05, 0) is 42.5 Å². The van der Waals surface area contributed by atoms with E-state index in [0.29, 0.717) is 22.3 Å². The Morgan fingerprint density at radius 2 is 1.92 bits per heavy atom. The Morgan fingerprint density at radius 1 is 1.24 bits per heavy atom. The van der Waals surface area contributed by atoms with Crippen LogP contribution in [0.4, 0.5) is 18.9 Å². The van der Waals surface area contributed by atoms with E-state index in [9.17, 15) is 18.0 Å². The molecule has 2 aromatic carbocycles. The number of hydrogen-bond donors (Lipinski definition) is 1. The monoisotopic (exact) mass is 382 g/mol. The van der Waals surface area contributed by atoms with Crippen LogP contribution < -0.4 is 5.32 Å². The van der Waals surface area contributed by atoms with Crippen molar-refractivity contribution >= 4 is 41.0 Å². The van der Waals surface area contributed by atoms with E-state index < -0.39 is 17.5 Å². The molecule has 8 heteroatoms. The number of nitriles is 1. The second-order valence-corrected chi connectivity index (χ2v) is 6.13. The van der Waals surface area contributed by atoms with Gasteiger partial charge in [0, 0.05) is 16.1 Å². The molecule has 0 saturated heterocycles. The topological polar surface area (TPSA) is 52.9 Å². The van der Waals surface area contributed by atoms with Crippen LogP contribution in [-0.4, -0.2) is 11.7 Å². The second kappa shape index (κ2) is 8.60. The van der Waals surface area contributed by atoms with Gasteiger partial charge in [-0.25, -0.2) is 4.39 Å². The standard InChI is InChI=1S/C17H10ClF3N2OS/c18-14-2-1-3-15(19)13(14)8-10(9-22)16(24)23-11-4-6-12(7-5-11)25-17(20)21/h1-8,17H,(H,23,24)/b10-8+. The highest BCUT2D eigenvalue weighted by Gasteiger charge is 2.13. The molecule has 1 N–H and O–H groups in total. The lowest BCUT2D eigenvalue weighted by molar-refractivity contribution is -0.112. The SMILES string of the molecule is N#C/C(=C\c1c(F)cccc1Cl)C(=O)Nc1ccc(SC(F)F)cc1. The lowest BCUT2D eigenvalue weighted by Gasteiger charge is -2.06. The van der Waals surface area contributed by atoms with Gasteiger partial charge in [-0.1, -0.05) is 29.4 Å². The first-order chi connectivity index (χ1) is 11.9. The Hall–Kier alpha value is -2.43. The Kier molecular flexibility index (Phi) is 6.51. The molecule has 0 spiro atoms. The fourth-order valence-corrected chi connectivity index (χ4v) is 2.58. The third-order valence-corrected chi connectivity index (χ3v) is 4.04. The first kappa shape index (κ1) is 18.9. The van der Waals surface area contributed by atoms with Gasteiger partial charge >= 0.3 is 0 Å². The summed E-state index contributed by atoms with van der Waals surface area (Å²) in [6, 6.07) is 11.3. The van der Waals surface area contributed by atoms with Crippen molar-refractivity contribution in [1.29, 1.82) is 5.26 Å². The number of rotatable bonds is 5. The molecular weight excluding hydrogens is 373 g/mol. The largest absolute Gasteiger partial charge is 0.321 e. The van der Waals surface area contributed by atoms with Gasteiger partial charge in [0.15, 0.2) is 0 Å². The number of carbonyl (C=O) groups excluding carboxylic acids is 1. The molecule has 2 aromatic rings. The molecule has 0 aliphatic carbocycles. The van der Waals surface area contributed by atoms with Crippen molar-refractivity contribution in [3.8, 4) is 6.07 Å². The smallest absolute Gasteiger partial charge is 0.288 e. The minimum atomic E-state index is -2.54. The normalized spacial score (nSPS) is 11.3. The summed E-state index contributed by atoms with van der Waals surface area (Å²) in [6.07, 6.45) is 1.05. The Bertz CT molecular complexity index is 828. The molecule has 25 heavy (non-hydrogen) atoms. The van der Waals surface area contributed by atoms with Crippen LogP contribution in [0.15, 0.2) is 52.9 Å². The van der Waals surface area contributed by atoms with E-state index >= 15 is 0 Å². The van der Waals surface area contributed by atoms with Gasteiger partial charge in [0.2, 0.25) is 0 Å². The molecule has 0 aliphatic heterocycles. The van der Waals surface area contributed by atoms with E-state index in [1.165, 1.54) is 36.4 Å². The summed E-state index contributed by atoms with van der Waals surface area (Å²) in [5.74, 6) is -3.98. The molecule has 2 rings (SSSR count). The molecule has 0 radical (unpaired) electrons. The summed E-state index contributed by atoms with van der Waals surface area (Å²) in [7, 11) is 0. The Morgan fingerprint density at radius 3 is 2.48 bits per heavy atom. The van der Waals surface area contributed by atoms with E-state index in [1.54, 1.807) is 6.07 Å². The van der Waals surface area contributed by atoms with E-state index in [0.717, 1.165) is 12.1 Å². The van der Waals surface area contributed by atoms with E-state index in [-0.39, 0.29) is 16.2 Å². The number of anilines is 1. The molecule has 0 atom stereocenters. The van der Waals surface area contributed by atoms with Crippen molar-refractivity contribution < 1.29 is 18.0 Å². The van der Waals surface area contributed by atoms with Crippen molar-refractivity contribution in [2.45, 2.75) is 10.7 Å². The van der Waals surface area contributed by atoms with Crippen LogP contribution in [0.1, 0.15) is 5.56 Å². The fraction of sp³-hybridized carbons (Fsp3) is 0.0588. The lowest BCUT2D eigenvalue weighted by Crippen LogP contribution is -2.13. The van der Waals surface area contributed by atoms with Gasteiger partial charge in [0.25, 0.3) is 11.7 Å². The predicted molar refractivity (Wildman–Crippen MR) is 91.9 cm³/mol. The number of nitrogens with zero attached hydrogens (tertiary/aromatic N) is 1. The van der Waals surface area contributed by atoms with Crippen molar-refractivity contribution in [2.24, 2.45) is 0 Å². The number of alkyl halides is 2. The maximum absolute atomic E-state index is 13.8. The number of halogens is 4. The van der Waals surface area contributed by atoms with Crippen LogP contribution >= 0.6 is 23.4 Å². The van der Waals surface area contributed by atoms with Gasteiger partial charge in [-0.15, -0.1) is 0 Å². The summed E-state index contributed by atoms with van der Waals surface area (Å²) in [5, 5.41) is 11.6. The van der Waals surface area contributed by atoms with Gasteiger partial charge < -0.3 is 5.32 Å². The molecule has 0 aliphatic rings. The van der Waals surface area contributed by atoms with Gasteiger partial charge in [0.1, 0.15) is 17.5 Å². The summed E-state index contributed by atoms with van der Waals surface area (Å²) in [6.45, 7) is 0. The lowest BCUT2D eigenvalue weighted by atomic mass is 10.1. The van der Waals surface area contributed by atoms with Gasteiger partial charge in [-0.2, -0.15) is 14.0 Å². The number of hydrogen-bond acceptors (Lipinski definition) is 3. The number of benzene rings is 2. The van der Waals surface area contributed by atoms with E-state index in [2.05, 4.69) is 5.32 Å². The van der Waals surface area contributed by atoms with Gasteiger partial charge in [-0.3, -0.25) is 4.79 Å². The van der Waals surface area contributed by atoms with E-state index in [1.807, 2.05) is 0 Å². The third kappa shape index (κ3) is 5.28. The molecule has 3 nitrogen and oxygen atoms in total. The average molecular weight is 383 g/mol. The van der Waals surface area contributed by atoms with Crippen molar-refractivity contribution in [3.05, 3.63) is 64.4 Å². The molecule has 0 unspecified atom stereocenters. The quantitative estimate of drug-likeness (QED) is 0.431. The van der Waals surface area contributed by atoms with Crippen molar-refractivity contribution in [3.63, 3.8) is 0 Å². The zero-order chi connectivity index (χ0) is 18.4. The minimum Gasteiger partial charge on any atom is -0.321 e. The van der Waals surface area contributed by atoms with Gasteiger partial charge in [0.05, 0.1) is 5.02 Å². The molecule has 0 bridgehead atoms. The van der Waals surface area contributed by atoms with E-state index in [4.69, 9.17) is 16.9 Å². The highest BCUT2D eigenvalue weighted by molar-refractivity contribution is 7.99. The molecular formula is C17H10ClF3N2OS. The number of amides is 1. The van der Waals surface area contributed by atoms with Crippen LogP contribution in [0.25, 0.3) is 6.08 Å². The number of thioether (sulfide) groups is 1. The summed E-state index contributed by atoms with van der Waals surface area (Å²) in [5.41, 5.74) is -0.109. The summed E-state index contributed by atoms with van der Waals surface area (Å²) >= 11 is 6.24. The Balaban J connectivity index is 2.18. The zero-order valence-corrected chi connectivity index (χ0v) is 14.0. The van der Waals surface area contributed by atoms with Crippen LogP contribution in [-0.2, 0) is 4.79 Å². The summed E-state index contributed by atoms with van der Waals surface area (Å²) < 4.78 is 38.3. The zero-order valence-electron chi connectivity index (χ0n) is 12.5. The molecule has 0 fully saturated rings. The number of carbonyl (C=O) groups is 1. The maximum Gasteiger partial charge on any atom is 0.288 e. The predicted octanol–water partition coefficient (Wildman–Crippen LogP) is 5.34. The molecule has 128 valence electrons.